The van der Waals surface area contributed by atoms with Gasteiger partial charge in [0, 0.05) is 29.4 Å². The van der Waals surface area contributed by atoms with Crippen molar-refractivity contribution in [1.82, 2.24) is 10.2 Å². The molecule has 0 aliphatic heterocycles. The van der Waals surface area contributed by atoms with Crippen molar-refractivity contribution in [3.63, 3.8) is 0 Å². The molecule has 0 aliphatic carbocycles. The standard InChI is InChI=1S/C14H20N2O3S/c1-3-8-16(10-13(17)15-2)9-12-5-4-11(20-12)6-7-14(18)19/h4-7H,3,8-10H2,1-2H3,(H,15,17)(H,18,19). The van der Waals surface area contributed by atoms with Crippen LogP contribution in [-0.2, 0) is 16.1 Å². The highest BCUT2D eigenvalue weighted by Crippen LogP contribution is 2.19. The Morgan fingerprint density at radius 3 is 2.80 bits per heavy atom. The van der Waals surface area contributed by atoms with Crippen LogP contribution < -0.4 is 5.32 Å². The highest BCUT2D eigenvalue weighted by molar-refractivity contribution is 7.12. The number of thiophene rings is 1. The lowest BCUT2D eigenvalue weighted by Gasteiger charge is -2.19. The van der Waals surface area contributed by atoms with Gasteiger partial charge in [0.2, 0.25) is 5.91 Å². The smallest absolute Gasteiger partial charge is 0.328 e. The fourth-order valence-electron chi connectivity index (χ4n) is 1.76. The van der Waals surface area contributed by atoms with Crippen LogP contribution in [-0.4, -0.2) is 42.0 Å². The van der Waals surface area contributed by atoms with Gasteiger partial charge in [-0.3, -0.25) is 9.69 Å². The van der Waals surface area contributed by atoms with Gasteiger partial charge < -0.3 is 10.4 Å². The van der Waals surface area contributed by atoms with Crippen LogP contribution in [0.25, 0.3) is 6.08 Å². The Labute approximate surface area is 122 Å². The first-order valence-electron chi connectivity index (χ1n) is 6.47. The third-order valence-electron chi connectivity index (χ3n) is 2.64. The fourth-order valence-corrected chi connectivity index (χ4v) is 2.71. The summed E-state index contributed by atoms with van der Waals surface area (Å²) in [5, 5.41) is 11.2. The number of carbonyl (C=O) groups is 2. The maximum absolute atomic E-state index is 11.4. The molecule has 0 fully saturated rings. The van der Waals surface area contributed by atoms with Crippen molar-refractivity contribution < 1.29 is 14.7 Å². The Morgan fingerprint density at radius 1 is 1.45 bits per heavy atom. The number of likely N-dealkylation sites (N-methyl/N-ethyl adjacent to an activating group) is 1. The molecule has 1 amide bonds. The minimum Gasteiger partial charge on any atom is -0.478 e. The number of carboxylic acids is 1. The second kappa shape index (κ2) is 8.50. The molecule has 20 heavy (non-hydrogen) atoms. The summed E-state index contributed by atoms with van der Waals surface area (Å²) < 4.78 is 0. The van der Waals surface area contributed by atoms with E-state index in [4.69, 9.17) is 5.11 Å². The highest BCUT2D eigenvalue weighted by Gasteiger charge is 2.10. The number of hydrogen-bond donors (Lipinski definition) is 2. The third kappa shape index (κ3) is 5.99. The van der Waals surface area contributed by atoms with Gasteiger partial charge in [-0.25, -0.2) is 4.79 Å². The molecule has 2 N–H and O–H groups in total. The molecule has 110 valence electrons. The molecule has 0 saturated heterocycles. The number of aliphatic carboxylic acids is 1. The van der Waals surface area contributed by atoms with Gasteiger partial charge >= 0.3 is 5.97 Å². The third-order valence-corrected chi connectivity index (χ3v) is 3.67. The highest BCUT2D eigenvalue weighted by atomic mass is 32.1. The van der Waals surface area contributed by atoms with Crippen molar-refractivity contribution in [1.29, 1.82) is 0 Å². The van der Waals surface area contributed by atoms with Crippen molar-refractivity contribution >= 4 is 29.3 Å². The average Bonchev–Trinajstić information content (AvgIpc) is 2.84. The minimum absolute atomic E-state index is 0.000928. The molecule has 0 atom stereocenters. The normalized spacial score (nSPS) is 11.2. The zero-order chi connectivity index (χ0) is 15.0. The van der Waals surface area contributed by atoms with Crippen LogP contribution in [0, 0.1) is 0 Å². The van der Waals surface area contributed by atoms with E-state index in [0.717, 1.165) is 28.8 Å². The molecule has 0 radical (unpaired) electrons. The van der Waals surface area contributed by atoms with E-state index in [1.165, 1.54) is 0 Å². The van der Waals surface area contributed by atoms with Crippen LogP contribution in [0.15, 0.2) is 18.2 Å². The van der Waals surface area contributed by atoms with Gasteiger partial charge in [0.05, 0.1) is 6.54 Å². The monoisotopic (exact) mass is 296 g/mol. The number of carbonyl (C=O) groups excluding carboxylic acids is 1. The van der Waals surface area contributed by atoms with Crippen LogP contribution in [0.2, 0.25) is 0 Å². The first-order valence-corrected chi connectivity index (χ1v) is 7.29. The largest absolute Gasteiger partial charge is 0.478 e. The summed E-state index contributed by atoms with van der Waals surface area (Å²) in [6.07, 6.45) is 3.69. The van der Waals surface area contributed by atoms with E-state index in [-0.39, 0.29) is 5.91 Å². The van der Waals surface area contributed by atoms with Crippen LogP contribution in [0.5, 0.6) is 0 Å². The molecule has 5 nitrogen and oxygen atoms in total. The molecule has 1 aromatic rings. The molecule has 1 aromatic heterocycles. The van der Waals surface area contributed by atoms with E-state index >= 15 is 0 Å². The summed E-state index contributed by atoms with van der Waals surface area (Å²) >= 11 is 1.54. The van der Waals surface area contributed by atoms with Crippen molar-refractivity contribution in [2.24, 2.45) is 0 Å². The molecule has 6 heteroatoms. The van der Waals surface area contributed by atoms with Crippen molar-refractivity contribution in [2.45, 2.75) is 19.9 Å². The molecule has 0 spiro atoms. The molecule has 0 aromatic carbocycles. The van der Waals surface area contributed by atoms with Crippen molar-refractivity contribution in [2.75, 3.05) is 20.1 Å². The fraction of sp³-hybridized carbons (Fsp3) is 0.429. The summed E-state index contributed by atoms with van der Waals surface area (Å²) in [5.41, 5.74) is 0. The van der Waals surface area contributed by atoms with Gasteiger partial charge in [0.1, 0.15) is 0 Å². The molecule has 0 bridgehead atoms. The van der Waals surface area contributed by atoms with E-state index in [2.05, 4.69) is 17.1 Å². The average molecular weight is 296 g/mol. The number of hydrogen-bond acceptors (Lipinski definition) is 4. The van der Waals surface area contributed by atoms with E-state index < -0.39 is 5.97 Å². The number of nitrogens with one attached hydrogen (secondary N) is 1. The van der Waals surface area contributed by atoms with Gasteiger partial charge in [-0.1, -0.05) is 6.92 Å². The molecule has 1 rings (SSSR count). The van der Waals surface area contributed by atoms with Gasteiger partial charge in [-0.15, -0.1) is 11.3 Å². The Bertz CT molecular complexity index is 483. The zero-order valence-electron chi connectivity index (χ0n) is 11.8. The summed E-state index contributed by atoms with van der Waals surface area (Å²) in [6, 6.07) is 3.86. The topological polar surface area (TPSA) is 69.6 Å². The minimum atomic E-state index is -0.952. The first kappa shape index (κ1) is 16.4. The molecular formula is C14H20N2O3S. The van der Waals surface area contributed by atoms with Gasteiger partial charge in [-0.2, -0.15) is 0 Å². The van der Waals surface area contributed by atoms with E-state index in [9.17, 15) is 9.59 Å². The Morgan fingerprint density at radius 2 is 2.20 bits per heavy atom. The van der Waals surface area contributed by atoms with Crippen molar-refractivity contribution in [3.05, 3.63) is 28.0 Å². The predicted octanol–water partition coefficient (Wildman–Crippen LogP) is 1.80. The number of amides is 1. The number of nitrogens with zero attached hydrogens (tertiary/aromatic N) is 1. The zero-order valence-corrected chi connectivity index (χ0v) is 12.6. The van der Waals surface area contributed by atoms with Crippen LogP contribution in [0.3, 0.4) is 0 Å². The quantitative estimate of drug-likeness (QED) is 0.718. The Hall–Kier alpha value is -1.66. The second-order valence-electron chi connectivity index (χ2n) is 4.36. The lowest BCUT2D eigenvalue weighted by molar-refractivity contribution is -0.131. The SMILES string of the molecule is CCCN(CC(=O)NC)Cc1ccc(C=CC(=O)O)s1. The Kier molecular flexibility index (Phi) is 6.97. The summed E-state index contributed by atoms with van der Waals surface area (Å²) in [5.74, 6) is -0.951. The van der Waals surface area contributed by atoms with Gasteiger partial charge in [0.25, 0.3) is 0 Å². The van der Waals surface area contributed by atoms with E-state index in [0.29, 0.717) is 13.1 Å². The van der Waals surface area contributed by atoms with Crippen LogP contribution in [0.4, 0.5) is 0 Å². The van der Waals surface area contributed by atoms with Crippen LogP contribution >= 0.6 is 11.3 Å². The number of rotatable bonds is 8. The molecular weight excluding hydrogens is 276 g/mol. The van der Waals surface area contributed by atoms with Gasteiger partial charge in [-0.05, 0) is 31.2 Å². The second-order valence-corrected chi connectivity index (χ2v) is 5.56. The molecule has 0 saturated carbocycles. The molecule has 0 aliphatic rings. The van der Waals surface area contributed by atoms with Gasteiger partial charge in [0.15, 0.2) is 0 Å². The number of carboxylic acid groups (broad SMARTS) is 1. The summed E-state index contributed by atoms with van der Waals surface area (Å²) in [7, 11) is 1.63. The maximum atomic E-state index is 11.4. The Balaban J connectivity index is 2.64. The lowest BCUT2D eigenvalue weighted by atomic mass is 10.3. The maximum Gasteiger partial charge on any atom is 0.328 e. The van der Waals surface area contributed by atoms with E-state index in [1.54, 1.807) is 24.5 Å². The first-order chi connectivity index (χ1) is 9.55. The summed E-state index contributed by atoms with van der Waals surface area (Å²) in [4.78, 5) is 26.0. The van der Waals surface area contributed by atoms with E-state index in [1.807, 2.05) is 12.1 Å². The van der Waals surface area contributed by atoms with Crippen molar-refractivity contribution in [3.8, 4) is 0 Å². The molecule has 0 unspecified atom stereocenters. The molecule has 1 heterocycles. The van der Waals surface area contributed by atoms with Crippen LogP contribution in [0.1, 0.15) is 23.1 Å². The summed E-state index contributed by atoms with van der Waals surface area (Å²) in [6.45, 7) is 4.01. The lowest BCUT2D eigenvalue weighted by Crippen LogP contribution is -2.35. The predicted molar refractivity (Wildman–Crippen MR) is 80.6 cm³/mol.